The molecular weight excluding hydrogens is 248 g/mol. The fraction of sp³-hybridized carbons (Fsp3) is 0.250. The van der Waals surface area contributed by atoms with Gasteiger partial charge in [0, 0.05) is 18.5 Å². The van der Waals surface area contributed by atoms with E-state index in [9.17, 15) is 0 Å². The van der Waals surface area contributed by atoms with Crippen LogP contribution in [0.1, 0.15) is 11.3 Å². The molecule has 0 fully saturated rings. The van der Waals surface area contributed by atoms with Gasteiger partial charge in [-0.2, -0.15) is 5.10 Å². The number of nitrogens with zero attached hydrogens (tertiary/aromatic N) is 3. The normalized spacial score (nSPS) is 11.1. The summed E-state index contributed by atoms with van der Waals surface area (Å²) in [7, 11) is 1.95. The van der Waals surface area contributed by atoms with Gasteiger partial charge in [-0.25, -0.2) is 9.50 Å². The molecule has 0 radical (unpaired) electrons. The Balaban J connectivity index is 2.00. The van der Waals surface area contributed by atoms with Crippen LogP contribution in [0.4, 0.5) is 0 Å². The summed E-state index contributed by atoms with van der Waals surface area (Å²) in [6, 6.07) is 12.4. The number of aryl methyl sites for hydroxylation is 1. The zero-order valence-electron chi connectivity index (χ0n) is 11.8. The van der Waals surface area contributed by atoms with Gasteiger partial charge in [0.15, 0.2) is 5.65 Å². The van der Waals surface area contributed by atoms with Crippen LogP contribution < -0.4 is 5.32 Å². The monoisotopic (exact) mass is 266 g/mol. The first-order valence-electron chi connectivity index (χ1n) is 6.84. The van der Waals surface area contributed by atoms with E-state index >= 15 is 0 Å². The van der Waals surface area contributed by atoms with E-state index in [0.717, 1.165) is 30.0 Å². The van der Waals surface area contributed by atoms with Gasteiger partial charge in [0.2, 0.25) is 0 Å². The fourth-order valence-corrected chi connectivity index (χ4v) is 2.31. The molecule has 1 aromatic carbocycles. The molecule has 20 heavy (non-hydrogen) atoms. The molecule has 2 aromatic heterocycles. The van der Waals surface area contributed by atoms with Gasteiger partial charge in [-0.15, -0.1) is 0 Å². The molecule has 2 heterocycles. The van der Waals surface area contributed by atoms with E-state index in [-0.39, 0.29) is 0 Å². The highest BCUT2D eigenvalue weighted by Gasteiger charge is 2.06. The van der Waals surface area contributed by atoms with E-state index in [4.69, 9.17) is 0 Å². The van der Waals surface area contributed by atoms with E-state index in [1.165, 1.54) is 11.1 Å². The predicted molar refractivity (Wildman–Crippen MR) is 80.8 cm³/mol. The molecule has 3 rings (SSSR count). The maximum atomic E-state index is 4.67. The highest BCUT2D eigenvalue weighted by Crippen LogP contribution is 2.21. The Morgan fingerprint density at radius 3 is 2.80 bits per heavy atom. The number of benzene rings is 1. The van der Waals surface area contributed by atoms with E-state index < -0.39 is 0 Å². The lowest BCUT2D eigenvalue weighted by molar-refractivity contribution is 0.779. The molecule has 0 aliphatic rings. The first-order chi connectivity index (χ1) is 9.78. The van der Waals surface area contributed by atoms with Crippen LogP contribution in [0.2, 0.25) is 0 Å². The van der Waals surface area contributed by atoms with Crippen molar-refractivity contribution in [3.8, 4) is 11.3 Å². The molecule has 0 aliphatic carbocycles. The number of hydrogen-bond acceptors (Lipinski definition) is 3. The molecule has 4 heteroatoms. The van der Waals surface area contributed by atoms with Crippen LogP contribution in [0.25, 0.3) is 16.9 Å². The van der Waals surface area contributed by atoms with Crippen molar-refractivity contribution in [3.63, 3.8) is 0 Å². The van der Waals surface area contributed by atoms with Crippen molar-refractivity contribution < 1.29 is 0 Å². The number of nitrogens with one attached hydrogen (secondary N) is 1. The van der Waals surface area contributed by atoms with Gasteiger partial charge in [-0.3, -0.25) is 0 Å². The second-order valence-electron chi connectivity index (χ2n) is 4.92. The average molecular weight is 266 g/mol. The van der Waals surface area contributed by atoms with E-state index in [1.807, 2.05) is 42.0 Å². The summed E-state index contributed by atoms with van der Waals surface area (Å²) >= 11 is 0. The summed E-state index contributed by atoms with van der Waals surface area (Å²) in [5, 5.41) is 7.80. The van der Waals surface area contributed by atoms with Gasteiger partial charge < -0.3 is 5.32 Å². The van der Waals surface area contributed by atoms with Crippen LogP contribution in [0.15, 0.2) is 42.6 Å². The highest BCUT2D eigenvalue weighted by atomic mass is 15.2. The maximum Gasteiger partial charge on any atom is 0.153 e. The van der Waals surface area contributed by atoms with Crippen LogP contribution in [-0.2, 0) is 6.42 Å². The average Bonchev–Trinajstić information content (AvgIpc) is 2.87. The van der Waals surface area contributed by atoms with Crippen LogP contribution in [0, 0.1) is 6.92 Å². The number of rotatable bonds is 4. The number of imidazole rings is 1. The number of likely N-dealkylation sites (N-methyl/N-ethyl adjacent to an activating group) is 1. The van der Waals surface area contributed by atoms with Crippen LogP contribution >= 0.6 is 0 Å². The molecule has 1 N–H and O–H groups in total. The van der Waals surface area contributed by atoms with E-state index in [2.05, 4.69) is 34.5 Å². The Labute approximate surface area is 118 Å². The minimum Gasteiger partial charge on any atom is -0.319 e. The van der Waals surface area contributed by atoms with E-state index in [0.29, 0.717) is 0 Å². The van der Waals surface area contributed by atoms with Crippen LogP contribution in [-0.4, -0.2) is 28.2 Å². The van der Waals surface area contributed by atoms with Crippen molar-refractivity contribution in [2.24, 2.45) is 0 Å². The third-order valence-corrected chi connectivity index (χ3v) is 3.42. The lowest BCUT2D eigenvalue weighted by atomic mass is 10.1. The summed E-state index contributed by atoms with van der Waals surface area (Å²) in [5.41, 5.74) is 5.34. The topological polar surface area (TPSA) is 42.2 Å². The minimum atomic E-state index is 0.897. The van der Waals surface area contributed by atoms with Gasteiger partial charge in [0.25, 0.3) is 0 Å². The molecule has 3 aromatic rings. The van der Waals surface area contributed by atoms with Gasteiger partial charge in [0.1, 0.15) is 0 Å². The van der Waals surface area contributed by atoms with Crippen molar-refractivity contribution in [2.45, 2.75) is 13.3 Å². The summed E-state index contributed by atoms with van der Waals surface area (Å²) in [6.45, 7) is 3.03. The Hall–Kier alpha value is -2.20. The standard InChI is InChI=1S/C16H18N4/c1-12-5-3-4-6-14(12)15-7-8-16-18-13(9-10-17-2)11-20(16)19-15/h3-8,11,17H,9-10H2,1-2H3. The molecule has 0 amide bonds. The summed E-state index contributed by atoms with van der Waals surface area (Å²) < 4.78 is 1.87. The number of hydrogen-bond donors (Lipinski definition) is 1. The Kier molecular flexibility index (Phi) is 3.48. The van der Waals surface area contributed by atoms with Crippen molar-refractivity contribution in [3.05, 3.63) is 53.9 Å². The van der Waals surface area contributed by atoms with Gasteiger partial charge >= 0.3 is 0 Å². The van der Waals surface area contributed by atoms with Gasteiger partial charge in [0.05, 0.1) is 17.6 Å². The maximum absolute atomic E-state index is 4.67. The molecule has 0 saturated carbocycles. The second-order valence-corrected chi connectivity index (χ2v) is 4.92. The summed E-state index contributed by atoms with van der Waals surface area (Å²) in [6.07, 6.45) is 2.92. The number of aromatic nitrogens is 3. The van der Waals surface area contributed by atoms with Gasteiger partial charge in [-0.05, 0) is 31.7 Å². The number of fused-ring (bicyclic) bond motifs is 1. The zero-order valence-corrected chi connectivity index (χ0v) is 11.8. The molecule has 0 atom stereocenters. The lowest BCUT2D eigenvalue weighted by Gasteiger charge is -2.04. The highest BCUT2D eigenvalue weighted by molar-refractivity contribution is 5.64. The molecule has 0 aliphatic heterocycles. The van der Waals surface area contributed by atoms with Gasteiger partial charge in [-0.1, -0.05) is 24.3 Å². The zero-order chi connectivity index (χ0) is 13.9. The smallest absolute Gasteiger partial charge is 0.153 e. The quantitative estimate of drug-likeness (QED) is 0.789. The molecule has 0 bridgehead atoms. The first-order valence-corrected chi connectivity index (χ1v) is 6.84. The third kappa shape index (κ3) is 2.42. The Bertz CT molecular complexity index is 730. The SMILES string of the molecule is CNCCc1cn2nc(-c3ccccc3C)ccc2n1. The molecule has 4 nitrogen and oxygen atoms in total. The minimum absolute atomic E-state index is 0.897. The van der Waals surface area contributed by atoms with E-state index in [1.54, 1.807) is 0 Å². The molecule has 0 saturated heterocycles. The Morgan fingerprint density at radius 2 is 2.00 bits per heavy atom. The van der Waals surface area contributed by atoms with Crippen molar-refractivity contribution in [2.75, 3.05) is 13.6 Å². The fourth-order valence-electron chi connectivity index (χ4n) is 2.31. The molecule has 0 spiro atoms. The lowest BCUT2D eigenvalue weighted by Crippen LogP contribution is -2.10. The molecule has 0 unspecified atom stereocenters. The summed E-state index contributed by atoms with van der Waals surface area (Å²) in [4.78, 5) is 4.57. The van der Waals surface area contributed by atoms with Crippen molar-refractivity contribution >= 4 is 5.65 Å². The van der Waals surface area contributed by atoms with Crippen molar-refractivity contribution in [1.29, 1.82) is 0 Å². The molecular formula is C16H18N4. The predicted octanol–water partition coefficient (Wildman–Crippen LogP) is 2.47. The Morgan fingerprint density at radius 1 is 1.15 bits per heavy atom. The van der Waals surface area contributed by atoms with Crippen LogP contribution in [0.3, 0.4) is 0 Å². The molecule has 102 valence electrons. The third-order valence-electron chi connectivity index (χ3n) is 3.42. The largest absolute Gasteiger partial charge is 0.319 e. The first kappa shape index (κ1) is 12.8. The van der Waals surface area contributed by atoms with Crippen molar-refractivity contribution in [1.82, 2.24) is 19.9 Å². The van der Waals surface area contributed by atoms with Crippen LogP contribution in [0.5, 0.6) is 0 Å². The summed E-state index contributed by atoms with van der Waals surface area (Å²) in [5.74, 6) is 0. The second kappa shape index (κ2) is 5.43.